The van der Waals surface area contributed by atoms with E-state index < -0.39 is 27.2 Å². The molecule has 0 bridgehead atoms. The van der Waals surface area contributed by atoms with E-state index in [0.29, 0.717) is 16.7 Å². The molecule has 2 aromatic carbocycles. The Morgan fingerprint density at radius 2 is 1.81 bits per heavy atom. The van der Waals surface area contributed by atoms with E-state index in [4.69, 9.17) is 19.4 Å². The summed E-state index contributed by atoms with van der Waals surface area (Å²) < 4.78 is 33.0. The van der Waals surface area contributed by atoms with Crippen LogP contribution in [0.3, 0.4) is 0 Å². The van der Waals surface area contributed by atoms with Crippen LogP contribution in [0.25, 0.3) is 11.0 Å². The second-order valence-electron chi connectivity index (χ2n) is 5.43. The summed E-state index contributed by atoms with van der Waals surface area (Å²) >= 11 is 0. The smallest absolute Gasteiger partial charge is 0.351 e. The zero-order valence-corrected chi connectivity index (χ0v) is 14.0. The second-order valence-corrected chi connectivity index (χ2v) is 6.99. The molecular formula is C17H13NO7S. The van der Waals surface area contributed by atoms with E-state index in [-0.39, 0.29) is 17.1 Å². The third-order valence-corrected chi connectivity index (χ3v) is 4.52. The van der Waals surface area contributed by atoms with E-state index in [1.165, 1.54) is 24.3 Å². The molecule has 0 amide bonds. The van der Waals surface area contributed by atoms with Gasteiger partial charge in [-0.2, -0.15) is 0 Å². The first-order chi connectivity index (χ1) is 12.2. The summed E-state index contributed by atoms with van der Waals surface area (Å²) in [7, 11) is -3.75. The van der Waals surface area contributed by atoms with Gasteiger partial charge in [0.15, 0.2) is 0 Å². The molecular weight excluding hydrogens is 362 g/mol. The van der Waals surface area contributed by atoms with Crippen molar-refractivity contribution in [2.24, 2.45) is 5.14 Å². The highest BCUT2D eigenvalue weighted by Gasteiger charge is 2.12. The number of sulfonamides is 1. The molecule has 134 valence electrons. The average Bonchev–Trinajstić information content (AvgIpc) is 2.58. The minimum Gasteiger partial charge on any atom is -0.489 e. The van der Waals surface area contributed by atoms with Gasteiger partial charge in [-0.15, -0.1) is 0 Å². The lowest BCUT2D eigenvalue weighted by atomic mass is 10.2. The summed E-state index contributed by atoms with van der Waals surface area (Å²) in [6, 6.07) is 11.8. The Morgan fingerprint density at radius 1 is 1.12 bits per heavy atom. The van der Waals surface area contributed by atoms with Gasteiger partial charge in [-0.05, 0) is 35.9 Å². The third-order valence-electron chi connectivity index (χ3n) is 3.60. The third kappa shape index (κ3) is 3.73. The normalized spacial score (nSPS) is 11.4. The van der Waals surface area contributed by atoms with Crippen molar-refractivity contribution >= 4 is 27.0 Å². The Morgan fingerprint density at radius 3 is 2.42 bits per heavy atom. The standard InChI is InChI=1S/C17H13NO7S/c18-26(22,23)13-5-1-10(2-6-13)9-24-12-4-3-11-7-14(16(19)20)17(21)25-15(11)8-12/h1-8H,9H2,(H,19,20)(H2,18,22,23). The van der Waals surface area contributed by atoms with Gasteiger partial charge in [-0.3, -0.25) is 0 Å². The maximum absolute atomic E-state index is 11.6. The number of hydrogen-bond acceptors (Lipinski definition) is 6. The molecule has 3 N–H and O–H groups in total. The molecule has 26 heavy (non-hydrogen) atoms. The fourth-order valence-electron chi connectivity index (χ4n) is 2.27. The molecule has 9 heteroatoms. The molecule has 0 fully saturated rings. The van der Waals surface area contributed by atoms with Crippen molar-refractivity contribution in [3.05, 3.63) is 70.1 Å². The number of carboxylic acid groups (broad SMARTS) is 1. The Labute approximate surface area is 147 Å². The van der Waals surface area contributed by atoms with Crippen molar-refractivity contribution in [3.63, 3.8) is 0 Å². The van der Waals surface area contributed by atoms with Crippen LogP contribution in [0.4, 0.5) is 0 Å². The Bertz CT molecular complexity index is 1150. The van der Waals surface area contributed by atoms with E-state index >= 15 is 0 Å². The predicted octanol–water partition coefficient (Wildman–Crippen LogP) is 1.72. The molecule has 3 rings (SSSR count). The molecule has 0 aliphatic rings. The van der Waals surface area contributed by atoms with Crippen LogP contribution in [0.2, 0.25) is 0 Å². The van der Waals surface area contributed by atoms with E-state index in [1.54, 1.807) is 24.3 Å². The maximum Gasteiger partial charge on any atom is 0.351 e. The Balaban J connectivity index is 1.80. The predicted molar refractivity (Wildman–Crippen MR) is 91.6 cm³/mol. The number of ether oxygens (including phenoxy) is 1. The van der Waals surface area contributed by atoms with Crippen molar-refractivity contribution in [1.29, 1.82) is 0 Å². The van der Waals surface area contributed by atoms with Crippen molar-refractivity contribution in [2.45, 2.75) is 11.5 Å². The van der Waals surface area contributed by atoms with Gasteiger partial charge in [0, 0.05) is 11.5 Å². The van der Waals surface area contributed by atoms with Crippen LogP contribution < -0.4 is 15.5 Å². The summed E-state index contributed by atoms with van der Waals surface area (Å²) in [6.07, 6.45) is 0. The summed E-state index contributed by atoms with van der Waals surface area (Å²) in [5, 5.41) is 14.4. The molecule has 0 aliphatic carbocycles. The number of carboxylic acids is 1. The number of aromatic carboxylic acids is 1. The van der Waals surface area contributed by atoms with Crippen molar-refractivity contribution in [2.75, 3.05) is 0 Å². The summed E-state index contributed by atoms with van der Waals surface area (Å²) in [4.78, 5) is 22.6. The average molecular weight is 375 g/mol. The van der Waals surface area contributed by atoms with Gasteiger partial charge in [-0.25, -0.2) is 23.1 Å². The van der Waals surface area contributed by atoms with Crippen LogP contribution in [-0.2, 0) is 16.6 Å². The van der Waals surface area contributed by atoms with E-state index in [1.807, 2.05) is 0 Å². The van der Waals surface area contributed by atoms with Gasteiger partial charge in [0.05, 0.1) is 4.90 Å². The number of primary sulfonamides is 1. The van der Waals surface area contributed by atoms with Crippen LogP contribution in [0.5, 0.6) is 5.75 Å². The molecule has 3 aromatic rings. The lowest BCUT2D eigenvalue weighted by molar-refractivity contribution is 0.0692. The number of benzene rings is 2. The van der Waals surface area contributed by atoms with Gasteiger partial charge in [0.25, 0.3) is 0 Å². The van der Waals surface area contributed by atoms with Crippen molar-refractivity contribution < 1.29 is 27.5 Å². The number of carbonyl (C=O) groups is 1. The molecule has 0 saturated carbocycles. The number of hydrogen-bond donors (Lipinski definition) is 2. The molecule has 0 unspecified atom stereocenters. The van der Waals surface area contributed by atoms with Crippen LogP contribution in [-0.4, -0.2) is 19.5 Å². The van der Waals surface area contributed by atoms with Crippen molar-refractivity contribution in [3.8, 4) is 5.75 Å². The first kappa shape index (κ1) is 17.6. The highest BCUT2D eigenvalue weighted by molar-refractivity contribution is 7.89. The van der Waals surface area contributed by atoms with E-state index in [9.17, 15) is 18.0 Å². The van der Waals surface area contributed by atoms with Crippen molar-refractivity contribution in [1.82, 2.24) is 0 Å². The molecule has 1 heterocycles. The fourth-order valence-corrected chi connectivity index (χ4v) is 2.79. The van der Waals surface area contributed by atoms with Crippen LogP contribution in [0, 0.1) is 0 Å². The Hall–Kier alpha value is -3.17. The quantitative estimate of drug-likeness (QED) is 0.648. The lowest BCUT2D eigenvalue weighted by Gasteiger charge is -2.08. The lowest BCUT2D eigenvalue weighted by Crippen LogP contribution is -2.12. The molecule has 1 aromatic heterocycles. The highest BCUT2D eigenvalue weighted by atomic mass is 32.2. The zero-order chi connectivity index (χ0) is 18.9. The van der Waals surface area contributed by atoms with Gasteiger partial charge < -0.3 is 14.3 Å². The maximum atomic E-state index is 11.6. The molecule has 0 aliphatic heterocycles. The van der Waals surface area contributed by atoms with Crippen LogP contribution in [0.15, 0.2) is 62.6 Å². The largest absolute Gasteiger partial charge is 0.489 e. The summed E-state index contributed by atoms with van der Waals surface area (Å²) in [5.74, 6) is -0.955. The second kappa shape index (κ2) is 6.62. The molecule has 0 saturated heterocycles. The van der Waals surface area contributed by atoms with Crippen LogP contribution in [0.1, 0.15) is 15.9 Å². The van der Waals surface area contributed by atoms with Gasteiger partial charge in [-0.1, -0.05) is 12.1 Å². The molecule has 8 nitrogen and oxygen atoms in total. The van der Waals surface area contributed by atoms with Gasteiger partial charge in [0.1, 0.15) is 23.5 Å². The summed E-state index contributed by atoms with van der Waals surface area (Å²) in [6.45, 7) is 0.147. The van der Waals surface area contributed by atoms with Crippen LogP contribution >= 0.6 is 0 Å². The number of rotatable bonds is 5. The minimum absolute atomic E-state index is 0.00275. The molecule has 0 spiro atoms. The summed E-state index contributed by atoms with van der Waals surface area (Å²) in [5.41, 5.74) is -0.482. The highest BCUT2D eigenvalue weighted by Crippen LogP contribution is 2.21. The van der Waals surface area contributed by atoms with E-state index in [0.717, 1.165) is 0 Å². The zero-order valence-electron chi connectivity index (χ0n) is 13.2. The monoisotopic (exact) mass is 375 g/mol. The fraction of sp³-hybridized carbons (Fsp3) is 0.0588. The number of nitrogens with two attached hydrogens (primary N) is 1. The molecule has 0 radical (unpaired) electrons. The first-order valence-electron chi connectivity index (χ1n) is 7.30. The van der Waals surface area contributed by atoms with Gasteiger partial charge >= 0.3 is 11.6 Å². The number of fused-ring (bicyclic) bond motifs is 1. The topological polar surface area (TPSA) is 137 Å². The van der Waals surface area contributed by atoms with E-state index in [2.05, 4.69) is 0 Å². The SMILES string of the molecule is NS(=O)(=O)c1ccc(COc2ccc3cc(C(=O)O)c(=O)oc3c2)cc1. The van der Waals surface area contributed by atoms with Gasteiger partial charge in [0.2, 0.25) is 10.0 Å². The first-order valence-corrected chi connectivity index (χ1v) is 8.84. The Kier molecular flexibility index (Phi) is 4.49. The minimum atomic E-state index is -3.75. The molecule has 0 atom stereocenters.